The summed E-state index contributed by atoms with van der Waals surface area (Å²) >= 11 is 0. The Morgan fingerprint density at radius 1 is 0.933 bits per heavy atom. The van der Waals surface area contributed by atoms with E-state index in [2.05, 4.69) is 18.2 Å². The van der Waals surface area contributed by atoms with Crippen molar-refractivity contribution in [2.24, 2.45) is 5.92 Å². The van der Waals surface area contributed by atoms with Crippen LogP contribution in [0, 0.1) is 17.2 Å². The summed E-state index contributed by atoms with van der Waals surface area (Å²) in [5.74, 6) is -0.0420. The highest BCUT2D eigenvalue weighted by Gasteiger charge is 2.31. The monoisotopic (exact) mass is 395 g/mol. The van der Waals surface area contributed by atoms with Crippen LogP contribution < -0.4 is 0 Å². The largest absolute Gasteiger partial charge is 0.268 e. The van der Waals surface area contributed by atoms with Crippen molar-refractivity contribution in [1.29, 1.82) is 5.26 Å². The second-order valence-electron chi connectivity index (χ2n) is 7.70. The highest BCUT2D eigenvalue weighted by Crippen LogP contribution is 2.23. The Labute approximate surface area is 178 Å². The van der Waals surface area contributed by atoms with E-state index in [-0.39, 0.29) is 11.8 Å². The van der Waals surface area contributed by atoms with Gasteiger partial charge in [-0.15, -0.1) is 0 Å². The van der Waals surface area contributed by atoms with Crippen LogP contribution >= 0.6 is 0 Å². The van der Waals surface area contributed by atoms with E-state index >= 15 is 0 Å². The zero-order chi connectivity index (χ0) is 20.8. The summed E-state index contributed by atoms with van der Waals surface area (Å²) in [6.45, 7) is 1.81. The lowest BCUT2D eigenvalue weighted by Crippen LogP contribution is -2.45. The Hall–Kier alpha value is -3.42. The molecule has 1 amide bonds. The molecule has 0 saturated carbocycles. The Morgan fingerprint density at radius 2 is 1.57 bits per heavy atom. The summed E-state index contributed by atoms with van der Waals surface area (Å²) in [4.78, 5) is 13.7. The first-order valence-corrected chi connectivity index (χ1v) is 10.4. The minimum Gasteiger partial charge on any atom is -0.268 e. The molecule has 4 rings (SSSR count). The van der Waals surface area contributed by atoms with Gasteiger partial charge in [-0.05, 0) is 35.6 Å². The summed E-state index contributed by atoms with van der Waals surface area (Å²) in [6, 6.07) is 30.4. The van der Waals surface area contributed by atoms with Gasteiger partial charge in [-0.25, -0.2) is 5.01 Å². The first kappa shape index (κ1) is 19.9. The average Bonchev–Trinajstić information content (AvgIpc) is 3.28. The Morgan fingerprint density at radius 3 is 2.23 bits per heavy atom. The molecule has 0 radical (unpaired) electrons. The van der Waals surface area contributed by atoms with Crippen molar-refractivity contribution < 1.29 is 4.79 Å². The predicted molar refractivity (Wildman–Crippen MR) is 117 cm³/mol. The molecule has 1 aliphatic heterocycles. The molecule has 0 aromatic heterocycles. The molecule has 1 saturated heterocycles. The van der Waals surface area contributed by atoms with Gasteiger partial charge in [0.05, 0.1) is 18.5 Å². The first-order valence-electron chi connectivity index (χ1n) is 10.4. The van der Waals surface area contributed by atoms with Gasteiger partial charge in [-0.3, -0.25) is 9.80 Å². The maximum atomic E-state index is 13.7. The normalized spacial score (nSPS) is 16.2. The third-order valence-electron chi connectivity index (χ3n) is 5.59. The van der Waals surface area contributed by atoms with E-state index in [0.29, 0.717) is 19.5 Å². The van der Waals surface area contributed by atoms with Crippen LogP contribution in [-0.2, 0) is 13.0 Å². The number of hydrazine groups is 1. The van der Waals surface area contributed by atoms with E-state index in [1.54, 1.807) is 0 Å². The quantitative estimate of drug-likeness (QED) is 0.609. The minimum atomic E-state index is -0.0318. The highest BCUT2D eigenvalue weighted by molar-refractivity contribution is 5.95. The van der Waals surface area contributed by atoms with Crippen molar-refractivity contribution in [3.63, 3.8) is 0 Å². The second kappa shape index (κ2) is 9.39. The van der Waals surface area contributed by atoms with Gasteiger partial charge < -0.3 is 0 Å². The predicted octanol–water partition coefficient (Wildman–Crippen LogP) is 4.68. The zero-order valence-corrected chi connectivity index (χ0v) is 16.9. The number of rotatable bonds is 6. The van der Waals surface area contributed by atoms with Crippen LogP contribution in [0.15, 0.2) is 84.9 Å². The zero-order valence-electron chi connectivity index (χ0n) is 16.9. The van der Waals surface area contributed by atoms with Gasteiger partial charge in [0.15, 0.2) is 0 Å². The van der Waals surface area contributed by atoms with Crippen molar-refractivity contribution in [3.8, 4) is 6.07 Å². The number of nitriles is 1. The van der Waals surface area contributed by atoms with E-state index in [4.69, 9.17) is 0 Å². The molecule has 3 aromatic rings. The maximum Gasteiger partial charge on any atom is 0.268 e. The van der Waals surface area contributed by atoms with Crippen LogP contribution in [0.3, 0.4) is 0 Å². The van der Waals surface area contributed by atoms with E-state index in [1.807, 2.05) is 82.8 Å². The third kappa shape index (κ3) is 4.59. The van der Waals surface area contributed by atoms with Crippen LogP contribution in [0.5, 0.6) is 0 Å². The van der Waals surface area contributed by atoms with Crippen molar-refractivity contribution in [2.45, 2.75) is 19.4 Å². The molecule has 3 aromatic carbocycles. The first-order chi connectivity index (χ1) is 14.7. The number of hydrogen-bond donors (Lipinski definition) is 0. The maximum absolute atomic E-state index is 13.7. The Bertz CT molecular complexity index is 1030. The van der Waals surface area contributed by atoms with E-state index in [9.17, 15) is 10.1 Å². The second-order valence-corrected chi connectivity index (χ2v) is 7.70. The summed E-state index contributed by atoms with van der Waals surface area (Å²) in [5, 5.41) is 13.2. The molecule has 4 heteroatoms. The fourth-order valence-corrected chi connectivity index (χ4v) is 3.96. The summed E-state index contributed by atoms with van der Waals surface area (Å²) in [7, 11) is 0. The molecule has 1 fully saturated rings. The van der Waals surface area contributed by atoms with Crippen LogP contribution in [0.25, 0.3) is 0 Å². The SMILES string of the molecule is N#CC1CCN(N(Cc2ccccc2)C(=O)c2ccccc2Cc2ccccc2)C1. The fraction of sp³-hybridized carbons (Fsp3) is 0.231. The number of carbonyl (C=O) groups excluding carboxylic acids is 1. The summed E-state index contributed by atoms with van der Waals surface area (Å²) in [5.41, 5.74) is 3.99. The number of nitrogens with zero attached hydrogens (tertiary/aromatic N) is 3. The highest BCUT2D eigenvalue weighted by atomic mass is 16.2. The molecule has 0 N–H and O–H groups in total. The van der Waals surface area contributed by atoms with Gasteiger partial charge in [0.25, 0.3) is 5.91 Å². The molecular formula is C26H25N3O. The minimum absolute atomic E-state index is 0.0102. The van der Waals surface area contributed by atoms with Crippen LogP contribution in [0.2, 0.25) is 0 Å². The van der Waals surface area contributed by atoms with Crippen molar-refractivity contribution >= 4 is 5.91 Å². The molecule has 1 heterocycles. The van der Waals surface area contributed by atoms with Crippen LogP contribution in [-0.4, -0.2) is 29.0 Å². The standard InChI is InChI=1S/C26H25N3O/c27-18-23-15-16-28(19-23)29(20-22-11-5-2-6-12-22)26(30)25-14-8-7-13-24(25)17-21-9-3-1-4-10-21/h1-14,23H,15-17,19-20H2. The lowest BCUT2D eigenvalue weighted by atomic mass is 9.99. The molecular weight excluding hydrogens is 370 g/mol. The van der Waals surface area contributed by atoms with E-state index in [1.165, 1.54) is 5.56 Å². The van der Waals surface area contributed by atoms with Gasteiger partial charge in [0, 0.05) is 18.7 Å². The molecule has 1 aliphatic rings. The fourth-order valence-electron chi connectivity index (χ4n) is 3.96. The molecule has 4 nitrogen and oxygen atoms in total. The van der Waals surface area contributed by atoms with Gasteiger partial charge >= 0.3 is 0 Å². The Balaban J connectivity index is 1.64. The molecule has 0 aliphatic carbocycles. The smallest absolute Gasteiger partial charge is 0.268 e. The topological polar surface area (TPSA) is 47.3 Å². The number of benzene rings is 3. The number of amides is 1. The molecule has 1 atom stereocenters. The van der Waals surface area contributed by atoms with Crippen LogP contribution in [0.1, 0.15) is 33.5 Å². The van der Waals surface area contributed by atoms with E-state index in [0.717, 1.165) is 29.7 Å². The van der Waals surface area contributed by atoms with E-state index < -0.39 is 0 Å². The summed E-state index contributed by atoms with van der Waals surface area (Å²) < 4.78 is 0. The lowest BCUT2D eigenvalue weighted by Gasteiger charge is -2.32. The van der Waals surface area contributed by atoms with Gasteiger partial charge in [0.1, 0.15) is 0 Å². The molecule has 0 spiro atoms. The van der Waals surface area contributed by atoms with Gasteiger partial charge in [-0.1, -0.05) is 78.9 Å². The summed E-state index contributed by atoms with van der Waals surface area (Å²) in [6.07, 6.45) is 1.50. The molecule has 0 bridgehead atoms. The molecule has 30 heavy (non-hydrogen) atoms. The van der Waals surface area contributed by atoms with Crippen molar-refractivity contribution in [3.05, 3.63) is 107 Å². The lowest BCUT2D eigenvalue weighted by molar-refractivity contribution is -0.00223. The number of hydrogen-bond acceptors (Lipinski definition) is 3. The number of carbonyl (C=O) groups is 1. The average molecular weight is 396 g/mol. The molecule has 1 unspecified atom stereocenters. The third-order valence-corrected chi connectivity index (χ3v) is 5.59. The van der Waals surface area contributed by atoms with Crippen molar-refractivity contribution in [1.82, 2.24) is 10.0 Å². The van der Waals surface area contributed by atoms with Crippen molar-refractivity contribution in [2.75, 3.05) is 13.1 Å². The van der Waals surface area contributed by atoms with Gasteiger partial charge in [0.2, 0.25) is 0 Å². The van der Waals surface area contributed by atoms with Crippen LogP contribution in [0.4, 0.5) is 0 Å². The molecule has 150 valence electrons. The Kier molecular flexibility index (Phi) is 6.22. The van der Waals surface area contributed by atoms with Gasteiger partial charge in [-0.2, -0.15) is 5.26 Å².